The van der Waals surface area contributed by atoms with Gasteiger partial charge < -0.3 is 5.32 Å². The van der Waals surface area contributed by atoms with Gasteiger partial charge in [0, 0.05) is 36.7 Å². The van der Waals surface area contributed by atoms with Crippen LogP contribution < -0.4 is 5.32 Å². The van der Waals surface area contributed by atoms with Crippen molar-refractivity contribution in [3.8, 4) is 0 Å². The molecule has 0 aliphatic rings. The van der Waals surface area contributed by atoms with Crippen LogP contribution in [0.4, 0.5) is 0 Å². The SMILES string of the molecule is CCNC(CSC(C)CC)Cc1ccn(C)n1. The van der Waals surface area contributed by atoms with E-state index < -0.39 is 0 Å². The average Bonchev–Trinajstić information content (AvgIpc) is 2.71. The van der Waals surface area contributed by atoms with Crippen molar-refractivity contribution in [2.45, 2.75) is 44.9 Å². The van der Waals surface area contributed by atoms with E-state index in [1.54, 1.807) is 0 Å². The summed E-state index contributed by atoms with van der Waals surface area (Å²) < 4.78 is 1.88. The number of thioether (sulfide) groups is 1. The maximum atomic E-state index is 4.45. The van der Waals surface area contributed by atoms with Crippen LogP contribution in [0.1, 0.15) is 32.9 Å². The second-order valence-electron chi connectivity index (χ2n) is 4.49. The topological polar surface area (TPSA) is 29.9 Å². The molecule has 0 radical (unpaired) electrons. The summed E-state index contributed by atoms with van der Waals surface area (Å²) in [6.07, 6.45) is 4.28. The summed E-state index contributed by atoms with van der Waals surface area (Å²) >= 11 is 2.05. The first kappa shape index (κ1) is 14.6. The fourth-order valence-corrected chi connectivity index (χ4v) is 2.73. The molecule has 1 aromatic rings. The van der Waals surface area contributed by atoms with Crippen LogP contribution in [0.25, 0.3) is 0 Å². The number of hydrogen-bond donors (Lipinski definition) is 1. The molecule has 0 aliphatic heterocycles. The lowest BCUT2D eigenvalue weighted by Crippen LogP contribution is -2.34. The third-order valence-corrected chi connectivity index (χ3v) is 4.37. The monoisotopic (exact) mass is 255 g/mol. The Morgan fingerprint density at radius 2 is 2.24 bits per heavy atom. The predicted octanol–water partition coefficient (Wildman–Crippen LogP) is 2.47. The third-order valence-electron chi connectivity index (χ3n) is 2.87. The van der Waals surface area contributed by atoms with E-state index in [0.717, 1.165) is 18.2 Å². The molecule has 0 aliphatic carbocycles. The summed E-state index contributed by atoms with van der Waals surface area (Å²) in [6.45, 7) is 7.74. The second kappa shape index (κ2) is 7.77. The fourth-order valence-electron chi connectivity index (χ4n) is 1.70. The van der Waals surface area contributed by atoms with Crippen LogP contribution in [0.2, 0.25) is 0 Å². The lowest BCUT2D eigenvalue weighted by molar-refractivity contribution is 0.561. The Morgan fingerprint density at radius 3 is 2.76 bits per heavy atom. The fraction of sp³-hybridized carbons (Fsp3) is 0.769. The van der Waals surface area contributed by atoms with Crippen LogP contribution in [0.3, 0.4) is 0 Å². The molecule has 4 heteroatoms. The molecule has 2 atom stereocenters. The molecule has 1 rings (SSSR count). The molecule has 17 heavy (non-hydrogen) atoms. The molecular formula is C13H25N3S. The minimum atomic E-state index is 0.536. The van der Waals surface area contributed by atoms with Gasteiger partial charge >= 0.3 is 0 Å². The quantitative estimate of drug-likeness (QED) is 0.774. The maximum Gasteiger partial charge on any atom is 0.0640 e. The molecule has 0 aromatic carbocycles. The molecule has 2 unspecified atom stereocenters. The molecule has 1 N–H and O–H groups in total. The molecule has 0 bridgehead atoms. The number of aryl methyl sites for hydroxylation is 1. The molecule has 1 heterocycles. The number of hydrogen-bond acceptors (Lipinski definition) is 3. The van der Waals surface area contributed by atoms with Crippen molar-refractivity contribution in [3.63, 3.8) is 0 Å². The van der Waals surface area contributed by atoms with Crippen molar-refractivity contribution in [1.82, 2.24) is 15.1 Å². The molecule has 0 fully saturated rings. The second-order valence-corrected chi connectivity index (χ2v) is 5.96. The first-order valence-electron chi connectivity index (χ1n) is 6.49. The number of aromatic nitrogens is 2. The van der Waals surface area contributed by atoms with E-state index >= 15 is 0 Å². The lowest BCUT2D eigenvalue weighted by atomic mass is 10.2. The molecule has 0 amide bonds. The van der Waals surface area contributed by atoms with Crippen LogP contribution in [-0.2, 0) is 13.5 Å². The van der Waals surface area contributed by atoms with Crippen LogP contribution >= 0.6 is 11.8 Å². The van der Waals surface area contributed by atoms with Gasteiger partial charge in [0.15, 0.2) is 0 Å². The highest BCUT2D eigenvalue weighted by Gasteiger charge is 2.11. The van der Waals surface area contributed by atoms with E-state index in [2.05, 4.69) is 49.0 Å². The molecule has 1 aromatic heterocycles. The van der Waals surface area contributed by atoms with Gasteiger partial charge in [-0.1, -0.05) is 20.8 Å². The van der Waals surface area contributed by atoms with Crippen LogP contribution in [0.15, 0.2) is 12.3 Å². The zero-order chi connectivity index (χ0) is 12.7. The summed E-state index contributed by atoms with van der Waals surface area (Å²) in [6, 6.07) is 2.65. The lowest BCUT2D eigenvalue weighted by Gasteiger charge is -2.18. The minimum Gasteiger partial charge on any atom is -0.313 e. The summed E-state index contributed by atoms with van der Waals surface area (Å²) in [5.74, 6) is 1.17. The van der Waals surface area contributed by atoms with Crippen molar-refractivity contribution < 1.29 is 0 Å². The molecule has 98 valence electrons. The Bertz CT molecular complexity index is 311. The Morgan fingerprint density at radius 1 is 1.47 bits per heavy atom. The molecular weight excluding hydrogens is 230 g/mol. The van der Waals surface area contributed by atoms with Crippen LogP contribution in [0, 0.1) is 0 Å². The normalized spacial score (nSPS) is 14.8. The van der Waals surface area contributed by atoms with Gasteiger partial charge in [0.05, 0.1) is 5.69 Å². The summed E-state index contributed by atoms with van der Waals surface area (Å²) in [7, 11) is 1.97. The summed E-state index contributed by atoms with van der Waals surface area (Å²) in [4.78, 5) is 0. The van der Waals surface area contributed by atoms with E-state index in [-0.39, 0.29) is 0 Å². The standard InChI is InChI=1S/C13H25N3S/c1-5-11(3)17-10-13(14-6-2)9-12-7-8-16(4)15-12/h7-8,11,13-14H,5-6,9-10H2,1-4H3. The van der Waals surface area contributed by atoms with E-state index in [1.165, 1.54) is 17.9 Å². The van der Waals surface area contributed by atoms with Gasteiger partial charge in [0.2, 0.25) is 0 Å². The van der Waals surface area contributed by atoms with Gasteiger partial charge in [-0.25, -0.2) is 0 Å². The van der Waals surface area contributed by atoms with E-state index in [4.69, 9.17) is 0 Å². The molecule has 0 saturated carbocycles. The zero-order valence-electron chi connectivity index (χ0n) is 11.4. The minimum absolute atomic E-state index is 0.536. The van der Waals surface area contributed by atoms with Crippen molar-refractivity contribution in [1.29, 1.82) is 0 Å². The summed E-state index contributed by atoms with van der Waals surface area (Å²) in [5, 5.41) is 8.75. The van der Waals surface area contributed by atoms with Gasteiger partial charge in [-0.05, 0) is 19.0 Å². The predicted molar refractivity (Wildman–Crippen MR) is 76.6 cm³/mol. The average molecular weight is 255 g/mol. The van der Waals surface area contributed by atoms with Gasteiger partial charge in [-0.3, -0.25) is 4.68 Å². The Hall–Kier alpha value is -0.480. The van der Waals surface area contributed by atoms with Crippen molar-refractivity contribution >= 4 is 11.8 Å². The van der Waals surface area contributed by atoms with Crippen LogP contribution in [0.5, 0.6) is 0 Å². The van der Waals surface area contributed by atoms with Gasteiger partial charge in [0.25, 0.3) is 0 Å². The smallest absolute Gasteiger partial charge is 0.0640 e. The van der Waals surface area contributed by atoms with Gasteiger partial charge in [0.1, 0.15) is 0 Å². The Balaban J connectivity index is 2.42. The number of nitrogens with zero attached hydrogens (tertiary/aromatic N) is 2. The molecule has 0 saturated heterocycles. The Kier molecular flexibility index (Phi) is 6.66. The van der Waals surface area contributed by atoms with Crippen molar-refractivity contribution in [3.05, 3.63) is 18.0 Å². The van der Waals surface area contributed by atoms with Gasteiger partial charge in [-0.15, -0.1) is 0 Å². The largest absolute Gasteiger partial charge is 0.313 e. The molecule has 0 spiro atoms. The Labute approximate surface area is 109 Å². The number of likely N-dealkylation sites (N-methyl/N-ethyl adjacent to an activating group) is 1. The van der Waals surface area contributed by atoms with E-state index in [0.29, 0.717) is 6.04 Å². The number of nitrogens with one attached hydrogen (secondary N) is 1. The first-order chi connectivity index (χ1) is 8.15. The highest BCUT2D eigenvalue weighted by Crippen LogP contribution is 2.16. The molecule has 3 nitrogen and oxygen atoms in total. The number of rotatable bonds is 8. The highest BCUT2D eigenvalue weighted by atomic mass is 32.2. The van der Waals surface area contributed by atoms with Gasteiger partial charge in [-0.2, -0.15) is 16.9 Å². The van der Waals surface area contributed by atoms with Crippen molar-refractivity contribution in [2.24, 2.45) is 7.05 Å². The third kappa shape index (κ3) is 5.59. The van der Waals surface area contributed by atoms with E-state index in [9.17, 15) is 0 Å². The first-order valence-corrected chi connectivity index (χ1v) is 7.54. The van der Waals surface area contributed by atoms with E-state index in [1.807, 2.05) is 17.9 Å². The maximum absolute atomic E-state index is 4.45. The summed E-state index contributed by atoms with van der Waals surface area (Å²) in [5.41, 5.74) is 1.18. The highest BCUT2D eigenvalue weighted by molar-refractivity contribution is 7.99. The zero-order valence-corrected chi connectivity index (χ0v) is 12.3. The van der Waals surface area contributed by atoms with Crippen LogP contribution in [-0.4, -0.2) is 33.4 Å². The van der Waals surface area contributed by atoms with Crippen molar-refractivity contribution in [2.75, 3.05) is 12.3 Å².